The highest BCUT2D eigenvalue weighted by molar-refractivity contribution is 6.39. The van der Waals surface area contributed by atoms with Gasteiger partial charge in [-0.15, -0.1) is 0 Å². The molecular formula is C50H75NO13. The molecule has 1 unspecified atom stereocenters. The maximum Gasteiger partial charge on any atom is 0.329 e. The highest BCUT2D eigenvalue weighted by atomic mass is 16.6. The second kappa shape index (κ2) is 22.9. The van der Waals surface area contributed by atoms with Crippen LogP contribution in [0.15, 0.2) is 47.6 Å². The van der Waals surface area contributed by atoms with Crippen molar-refractivity contribution >= 4 is 29.2 Å². The SMILES string of the molecule is CO[C@H]1C[C@@H]2CC[C@@H](C)[C@@](O)(O2)C(=O)C(=O)N2CCC3C[C@H]2C(=O)O[C@@H](CC(=O)[C@H](C)/C=C(\C)[C@@H](O)[C@@H](OC)C(=O)[C@H](C)C[C@H](C)/C=C/C=C/C=C/1C)[C@H]3C[C@@H]1CC[C@@H](O)[C@H](OC)C1. The molecule has 4 fully saturated rings. The lowest BCUT2D eigenvalue weighted by Gasteiger charge is -2.43. The molecule has 14 heteroatoms. The fraction of sp³-hybridized carbons (Fsp3) is 0.740. The molecule has 5 rings (SSSR count). The highest BCUT2D eigenvalue weighted by Crippen LogP contribution is 2.44. The second-order valence-electron chi connectivity index (χ2n) is 19.6. The number of piperidine rings is 1. The van der Waals surface area contributed by atoms with Gasteiger partial charge in [-0.1, -0.05) is 64.2 Å². The van der Waals surface area contributed by atoms with Crippen LogP contribution in [0, 0.1) is 41.4 Å². The van der Waals surface area contributed by atoms with E-state index in [0.717, 1.165) is 12.0 Å². The summed E-state index contributed by atoms with van der Waals surface area (Å²) in [6.07, 6.45) is 10.7. The fourth-order valence-corrected chi connectivity index (χ4v) is 10.8. The number of methoxy groups -OCH3 is 3. The molecule has 4 aliphatic heterocycles. The van der Waals surface area contributed by atoms with Gasteiger partial charge in [0.2, 0.25) is 5.79 Å². The average molecular weight is 898 g/mol. The number of amides is 1. The smallest absolute Gasteiger partial charge is 0.329 e. The van der Waals surface area contributed by atoms with Crippen LogP contribution in [0.4, 0.5) is 0 Å². The van der Waals surface area contributed by atoms with Crippen LogP contribution in [0.2, 0.25) is 0 Å². The monoisotopic (exact) mass is 898 g/mol. The van der Waals surface area contributed by atoms with Crippen LogP contribution < -0.4 is 0 Å². The zero-order chi connectivity index (χ0) is 47.0. The Kier molecular flexibility index (Phi) is 18.5. The number of ether oxygens (including phenoxy) is 5. The minimum absolute atomic E-state index is 0.0230. The van der Waals surface area contributed by atoms with Crippen LogP contribution in [-0.4, -0.2) is 132 Å². The molecule has 1 aliphatic carbocycles. The number of carbonyl (C=O) groups excluding carboxylic acids is 5. The van der Waals surface area contributed by atoms with Crippen molar-refractivity contribution in [3.8, 4) is 0 Å². The van der Waals surface area contributed by atoms with E-state index in [1.54, 1.807) is 41.1 Å². The summed E-state index contributed by atoms with van der Waals surface area (Å²) in [6.45, 7) is 10.8. The lowest BCUT2D eigenvalue weighted by Crippen LogP contribution is -2.61. The molecule has 5 bridgehead atoms. The molecule has 3 saturated heterocycles. The number of esters is 1. The Balaban J connectivity index is 1.49. The van der Waals surface area contributed by atoms with Gasteiger partial charge in [-0.25, -0.2) is 4.79 Å². The molecule has 0 spiro atoms. The molecule has 0 aromatic carbocycles. The molecule has 64 heavy (non-hydrogen) atoms. The molecule has 0 radical (unpaired) electrons. The zero-order valence-corrected chi connectivity index (χ0v) is 39.5. The van der Waals surface area contributed by atoms with E-state index >= 15 is 0 Å². The number of aliphatic hydroxyl groups is 3. The van der Waals surface area contributed by atoms with E-state index in [1.165, 1.54) is 12.0 Å². The van der Waals surface area contributed by atoms with Crippen molar-refractivity contribution < 1.29 is 63.0 Å². The summed E-state index contributed by atoms with van der Waals surface area (Å²) in [5.41, 5.74) is 1.28. The van der Waals surface area contributed by atoms with Crippen LogP contribution in [0.25, 0.3) is 0 Å². The van der Waals surface area contributed by atoms with Crippen molar-refractivity contribution in [3.63, 3.8) is 0 Å². The van der Waals surface area contributed by atoms with Crippen molar-refractivity contribution in [2.75, 3.05) is 27.9 Å². The summed E-state index contributed by atoms with van der Waals surface area (Å²) in [6, 6.07) is -1.12. The van der Waals surface area contributed by atoms with E-state index in [4.69, 9.17) is 23.7 Å². The molecular weight excluding hydrogens is 823 g/mol. The molecule has 5 aliphatic rings. The normalized spacial score (nSPS) is 43.2. The number of hydrogen-bond acceptors (Lipinski definition) is 13. The summed E-state index contributed by atoms with van der Waals surface area (Å²) in [5, 5.41) is 34.0. The summed E-state index contributed by atoms with van der Waals surface area (Å²) >= 11 is 0. The summed E-state index contributed by atoms with van der Waals surface area (Å²) in [4.78, 5) is 71.8. The minimum Gasteiger partial charge on any atom is -0.460 e. The molecule has 1 amide bonds. The minimum atomic E-state index is -2.42. The number of ketones is 3. The number of fused-ring (bicyclic) bond motifs is 5. The van der Waals surface area contributed by atoms with Crippen molar-refractivity contribution in [2.24, 2.45) is 41.4 Å². The molecule has 4 heterocycles. The summed E-state index contributed by atoms with van der Waals surface area (Å²) in [7, 11) is 4.53. The molecule has 0 aromatic rings. The zero-order valence-electron chi connectivity index (χ0n) is 39.5. The van der Waals surface area contributed by atoms with Gasteiger partial charge in [-0.05, 0) is 106 Å². The first-order valence-electron chi connectivity index (χ1n) is 23.5. The first-order valence-corrected chi connectivity index (χ1v) is 23.5. The molecule has 16 atom stereocenters. The maximum atomic E-state index is 14.3. The van der Waals surface area contributed by atoms with Crippen LogP contribution in [0.3, 0.4) is 0 Å². The Morgan fingerprint density at radius 3 is 2.25 bits per heavy atom. The van der Waals surface area contributed by atoms with Crippen LogP contribution in [-0.2, 0) is 47.7 Å². The Hall–Kier alpha value is -3.37. The molecule has 0 aromatic heterocycles. The topological polar surface area (TPSA) is 195 Å². The van der Waals surface area contributed by atoms with Gasteiger partial charge in [0.15, 0.2) is 5.78 Å². The third-order valence-electron chi connectivity index (χ3n) is 15.0. The first kappa shape index (κ1) is 51.6. The van der Waals surface area contributed by atoms with Crippen molar-refractivity contribution in [3.05, 3.63) is 47.6 Å². The van der Waals surface area contributed by atoms with Gasteiger partial charge in [-0.2, -0.15) is 0 Å². The Bertz CT molecular complexity index is 1790. The summed E-state index contributed by atoms with van der Waals surface area (Å²) in [5.74, 6) is -7.96. The average Bonchev–Trinajstić information content (AvgIpc) is 3.36. The quantitative estimate of drug-likeness (QED) is 0.181. The van der Waals surface area contributed by atoms with Gasteiger partial charge in [0, 0.05) is 58.5 Å². The number of Topliss-reactive ketones (excluding diaryl/α,β-unsaturated/α-hetero) is 3. The summed E-state index contributed by atoms with van der Waals surface area (Å²) < 4.78 is 29.4. The lowest BCUT2D eigenvalue weighted by molar-refractivity contribution is -0.265. The molecule has 358 valence electrons. The predicted octanol–water partition coefficient (Wildman–Crippen LogP) is 5.40. The number of nitrogens with zero attached hydrogens (tertiary/aromatic N) is 1. The molecule has 1 saturated carbocycles. The van der Waals surface area contributed by atoms with Crippen LogP contribution >= 0.6 is 0 Å². The standard InChI is InChI=1S/C50H75NO13/c1-28-13-11-10-12-14-29(2)41(60-7)26-36-17-15-33(6)50(59,64-36)47(56)48(57)51-20-19-35-25-38(51)49(58)63-42(37(35)23-34-16-18-39(52)43(24-34)61-8)27-40(53)30(3)22-32(5)45(55)46(62-9)44(54)31(4)21-28/h10-14,22,28,30-31,33-39,41-43,45-46,52,55,59H,15-21,23-27H2,1-9H3/b12-10+,13-11+,29-14+,32-22+/t28-,30-,31-,33-,34+,35?,36+,37+,38+,39-,41+,42+,43-,45-,46+,50-/m1/s1. The van der Waals surface area contributed by atoms with E-state index in [-0.39, 0.29) is 60.7 Å². The number of aliphatic hydroxyl groups excluding tert-OH is 2. The van der Waals surface area contributed by atoms with Crippen LogP contribution in [0.1, 0.15) is 112 Å². The van der Waals surface area contributed by atoms with Gasteiger partial charge in [-0.3, -0.25) is 19.2 Å². The van der Waals surface area contributed by atoms with E-state index in [2.05, 4.69) is 0 Å². The number of rotatable bonds is 5. The van der Waals surface area contributed by atoms with Gasteiger partial charge in [0.05, 0.1) is 24.4 Å². The van der Waals surface area contributed by atoms with E-state index < -0.39 is 83.9 Å². The van der Waals surface area contributed by atoms with Gasteiger partial charge in [0.25, 0.3) is 11.7 Å². The molecule has 3 N–H and O–H groups in total. The fourth-order valence-electron chi connectivity index (χ4n) is 10.8. The van der Waals surface area contributed by atoms with Crippen molar-refractivity contribution in [2.45, 2.75) is 167 Å². The Morgan fingerprint density at radius 2 is 1.56 bits per heavy atom. The van der Waals surface area contributed by atoms with E-state index in [9.17, 15) is 39.3 Å². The highest BCUT2D eigenvalue weighted by Gasteiger charge is 2.55. The largest absolute Gasteiger partial charge is 0.460 e. The number of hydrogen-bond donors (Lipinski definition) is 3. The maximum absolute atomic E-state index is 14.3. The van der Waals surface area contributed by atoms with Crippen molar-refractivity contribution in [1.82, 2.24) is 4.90 Å². The van der Waals surface area contributed by atoms with Crippen molar-refractivity contribution in [1.29, 1.82) is 0 Å². The van der Waals surface area contributed by atoms with Gasteiger partial charge >= 0.3 is 5.97 Å². The first-order chi connectivity index (χ1) is 30.3. The van der Waals surface area contributed by atoms with Gasteiger partial charge in [0.1, 0.15) is 30.1 Å². The van der Waals surface area contributed by atoms with Gasteiger partial charge < -0.3 is 43.9 Å². The lowest BCUT2D eigenvalue weighted by atomic mass is 9.71. The third-order valence-corrected chi connectivity index (χ3v) is 15.0. The third kappa shape index (κ3) is 12.1. The van der Waals surface area contributed by atoms with E-state index in [1.807, 2.05) is 51.2 Å². The van der Waals surface area contributed by atoms with Crippen LogP contribution in [0.5, 0.6) is 0 Å². The number of carbonyl (C=O) groups is 5. The number of allylic oxidation sites excluding steroid dienone is 6. The Morgan fingerprint density at radius 1 is 0.828 bits per heavy atom. The predicted molar refractivity (Wildman–Crippen MR) is 238 cm³/mol. The second-order valence-corrected chi connectivity index (χ2v) is 19.6. The van der Waals surface area contributed by atoms with E-state index in [0.29, 0.717) is 56.9 Å². The molecule has 14 nitrogen and oxygen atoms in total. The Labute approximate surface area is 379 Å².